The zero-order valence-corrected chi connectivity index (χ0v) is 12.9. The van der Waals surface area contributed by atoms with Gasteiger partial charge in [0.15, 0.2) is 0 Å². The first kappa shape index (κ1) is 15.7. The number of rotatable bonds is 6. The summed E-state index contributed by atoms with van der Waals surface area (Å²) in [4.78, 5) is 4.40. The van der Waals surface area contributed by atoms with Crippen molar-refractivity contribution in [3.8, 4) is 11.6 Å². The number of benzene rings is 1. The number of halogens is 2. The van der Waals surface area contributed by atoms with Crippen LogP contribution in [0.2, 0.25) is 5.02 Å². The highest BCUT2D eigenvalue weighted by atomic mass is 35.5. The molecule has 21 heavy (non-hydrogen) atoms. The van der Waals surface area contributed by atoms with Crippen LogP contribution in [-0.2, 0) is 13.0 Å². The van der Waals surface area contributed by atoms with Crippen LogP contribution in [0, 0.1) is 5.82 Å². The maximum Gasteiger partial charge on any atom is 0.219 e. The predicted octanol–water partition coefficient (Wildman–Crippen LogP) is 4.34. The van der Waals surface area contributed by atoms with Gasteiger partial charge in [0.25, 0.3) is 0 Å². The molecule has 0 aliphatic heterocycles. The van der Waals surface area contributed by atoms with E-state index in [0.717, 1.165) is 30.8 Å². The lowest BCUT2D eigenvalue weighted by Gasteiger charge is -2.10. The highest BCUT2D eigenvalue weighted by Gasteiger charge is 2.07. The van der Waals surface area contributed by atoms with Crippen LogP contribution in [0.15, 0.2) is 30.3 Å². The standard InChI is InChI=1S/C16H18ClFN2O/c1-3-12-7-11(10-19-4-2)8-16(20-12)21-13-5-6-14(17)15(18)9-13/h5-9,19H,3-4,10H2,1-2H3. The number of nitrogens with zero attached hydrogens (tertiary/aromatic N) is 1. The molecule has 3 nitrogen and oxygen atoms in total. The molecule has 0 saturated heterocycles. The van der Waals surface area contributed by atoms with Crippen molar-refractivity contribution in [3.63, 3.8) is 0 Å². The number of ether oxygens (including phenoxy) is 1. The van der Waals surface area contributed by atoms with E-state index in [1.54, 1.807) is 6.07 Å². The molecule has 2 aromatic rings. The molecule has 0 amide bonds. The van der Waals surface area contributed by atoms with Crippen LogP contribution >= 0.6 is 11.6 Å². The third-order valence-electron chi connectivity index (χ3n) is 2.97. The molecule has 5 heteroatoms. The quantitative estimate of drug-likeness (QED) is 0.862. The molecule has 0 fully saturated rings. The first-order chi connectivity index (χ1) is 10.1. The number of aromatic nitrogens is 1. The van der Waals surface area contributed by atoms with Gasteiger partial charge >= 0.3 is 0 Å². The van der Waals surface area contributed by atoms with E-state index in [0.29, 0.717) is 11.6 Å². The van der Waals surface area contributed by atoms with Gasteiger partial charge in [-0.2, -0.15) is 0 Å². The largest absolute Gasteiger partial charge is 0.439 e. The number of hydrogen-bond acceptors (Lipinski definition) is 3. The van der Waals surface area contributed by atoms with Crippen molar-refractivity contribution in [1.82, 2.24) is 10.3 Å². The van der Waals surface area contributed by atoms with Crippen LogP contribution in [0.3, 0.4) is 0 Å². The van der Waals surface area contributed by atoms with Crippen LogP contribution in [-0.4, -0.2) is 11.5 Å². The van der Waals surface area contributed by atoms with Crippen LogP contribution < -0.4 is 10.1 Å². The minimum absolute atomic E-state index is 0.0745. The van der Waals surface area contributed by atoms with Gasteiger partial charge in [-0.1, -0.05) is 25.4 Å². The van der Waals surface area contributed by atoms with Gasteiger partial charge in [-0.25, -0.2) is 9.37 Å². The van der Waals surface area contributed by atoms with E-state index in [2.05, 4.69) is 17.2 Å². The Kier molecular flexibility index (Phi) is 5.53. The molecule has 0 radical (unpaired) electrons. The lowest BCUT2D eigenvalue weighted by atomic mass is 10.2. The fourth-order valence-electron chi connectivity index (χ4n) is 1.89. The van der Waals surface area contributed by atoms with Gasteiger partial charge in [0.2, 0.25) is 5.88 Å². The molecule has 0 aliphatic rings. The monoisotopic (exact) mass is 308 g/mol. The Hall–Kier alpha value is -1.65. The van der Waals surface area contributed by atoms with E-state index in [9.17, 15) is 4.39 Å². The first-order valence-corrected chi connectivity index (χ1v) is 7.33. The number of hydrogen-bond donors (Lipinski definition) is 1. The lowest BCUT2D eigenvalue weighted by Crippen LogP contribution is -2.12. The van der Waals surface area contributed by atoms with Crippen LogP contribution in [0.5, 0.6) is 11.6 Å². The fourth-order valence-corrected chi connectivity index (χ4v) is 2.00. The Bertz CT molecular complexity index is 619. The maximum absolute atomic E-state index is 13.4. The molecule has 0 spiro atoms. The summed E-state index contributed by atoms with van der Waals surface area (Å²) in [5.41, 5.74) is 2.03. The lowest BCUT2D eigenvalue weighted by molar-refractivity contribution is 0.455. The minimum Gasteiger partial charge on any atom is -0.439 e. The second-order valence-corrected chi connectivity index (χ2v) is 5.02. The molecule has 1 N–H and O–H groups in total. The van der Waals surface area contributed by atoms with Crippen molar-refractivity contribution in [3.05, 3.63) is 52.4 Å². The molecule has 0 unspecified atom stereocenters. The Morgan fingerprint density at radius 3 is 2.71 bits per heavy atom. The Morgan fingerprint density at radius 1 is 1.24 bits per heavy atom. The van der Waals surface area contributed by atoms with Gasteiger partial charge in [0, 0.05) is 24.4 Å². The maximum atomic E-state index is 13.4. The Balaban J connectivity index is 2.23. The molecule has 1 aromatic carbocycles. The average Bonchev–Trinajstić information content (AvgIpc) is 2.48. The van der Waals surface area contributed by atoms with Crippen molar-refractivity contribution in [1.29, 1.82) is 0 Å². The second kappa shape index (κ2) is 7.38. The van der Waals surface area contributed by atoms with Crippen molar-refractivity contribution in [2.45, 2.75) is 26.8 Å². The normalized spacial score (nSPS) is 10.7. The van der Waals surface area contributed by atoms with E-state index in [1.165, 1.54) is 12.1 Å². The first-order valence-electron chi connectivity index (χ1n) is 6.95. The van der Waals surface area contributed by atoms with Crippen molar-refractivity contribution in [2.24, 2.45) is 0 Å². The van der Waals surface area contributed by atoms with E-state index >= 15 is 0 Å². The van der Waals surface area contributed by atoms with Crippen LogP contribution in [0.1, 0.15) is 25.1 Å². The van der Waals surface area contributed by atoms with Crippen LogP contribution in [0.25, 0.3) is 0 Å². The molecule has 2 rings (SSSR count). The summed E-state index contributed by atoms with van der Waals surface area (Å²) in [6.45, 7) is 5.72. The number of aryl methyl sites for hydroxylation is 1. The topological polar surface area (TPSA) is 34.2 Å². The van der Waals surface area contributed by atoms with Crippen molar-refractivity contribution in [2.75, 3.05) is 6.54 Å². The summed E-state index contributed by atoms with van der Waals surface area (Å²) in [5.74, 6) is 0.338. The van der Waals surface area contributed by atoms with Gasteiger partial charge in [0.1, 0.15) is 11.6 Å². The van der Waals surface area contributed by atoms with E-state index in [-0.39, 0.29) is 5.02 Å². The molecule has 1 aromatic heterocycles. The van der Waals surface area contributed by atoms with Crippen LogP contribution in [0.4, 0.5) is 4.39 Å². The highest BCUT2D eigenvalue weighted by molar-refractivity contribution is 6.30. The Labute approximate surface area is 129 Å². The second-order valence-electron chi connectivity index (χ2n) is 4.62. The smallest absolute Gasteiger partial charge is 0.219 e. The molecule has 0 atom stereocenters. The van der Waals surface area contributed by atoms with Gasteiger partial charge in [-0.05, 0) is 36.7 Å². The molecular formula is C16H18ClFN2O. The minimum atomic E-state index is -0.506. The summed E-state index contributed by atoms with van der Waals surface area (Å²) >= 11 is 5.66. The van der Waals surface area contributed by atoms with Gasteiger partial charge in [-0.15, -0.1) is 0 Å². The number of pyridine rings is 1. The SMILES string of the molecule is CCNCc1cc(CC)nc(Oc2ccc(Cl)c(F)c2)c1. The zero-order valence-electron chi connectivity index (χ0n) is 12.1. The fraction of sp³-hybridized carbons (Fsp3) is 0.312. The van der Waals surface area contributed by atoms with Gasteiger partial charge < -0.3 is 10.1 Å². The molecule has 0 saturated carbocycles. The summed E-state index contributed by atoms with van der Waals surface area (Å²) in [6, 6.07) is 8.24. The highest BCUT2D eigenvalue weighted by Crippen LogP contribution is 2.25. The summed E-state index contributed by atoms with van der Waals surface area (Å²) in [7, 11) is 0. The van der Waals surface area contributed by atoms with Gasteiger partial charge in [-0.3, -0.25) is 0 Å². The summed E-state index contributed by atoms with van der Waals surface area (Å²) in [6.07, 6.45) is 0.811. The van der Waals surface area contributed by atoms with Crippen molar-refractivity contribution >= 4 is 11.6 Å². The zero-order chi connectivity index (χ0) is 15.2. The van der Waals surface area contributed by atoms with Crippen molar-refractivity contribution < 1.29 is 9.13 Å². The third-order valence-corrected chi connectivity index (χ3v) is 3.28. The predicted molar refractivity (Wildman–Crippen MR) is 82.5 cm³/mol. The molecule has 1 heterocycles. The molecule has 0 bridgehead atoms. The molecule has 0 aliphatic carbocycles. The van der Waals surface area contributed by atoms with E-state index < -0.39 is 5.82 Å². The number of nitrogens with one attached hydrogen (secondary N) is 1. The summed E-state index contributed by atoms with van der Waals surface area (Å²) in [5, 5.41) is 3.34. The van der Waals surface area contributed by atoms with Gasteiger partial charge in [0.05, 0.1) is 5.02 Å². The molecular weight excluding hydrogens is 291 g/mol. The Morgan fingerprint density at radius 2 is 2.05 bits per heavy atom. The average molecular weight is 309 g/mol. The summed E-state index contributed by atoms with van der Waals surface area (Å²) < 4.78 is 19.1. The third kappa shape index (κ3) is 4.41. The van der Waals surface area contributed by atoms with E-state index in [1.807, 2.05) is 19.1 Å². The molecule has 112 valence electrons. The van der Waals surface area contributed by atoms with E-state index in [4.69, 9.17) is 16.3 Å².